The number of aliphatic hydroxyl groups excluding tert-OH is 1. The van der Waals surface area contributed by atoms with Crippen molar-refractivity contribution in [1.82, 2.24) is 9.55 Å². The molecular formula is C26H29F3N2O5Si. The lowest BCUT2D eigenvalue weighted by Crippen LogP contribution is -2.67. The van der Waals surface area contributed by atoms with Crippen molar-refractivity contribution in [3.05, 3.63) is 93.3 Å². The highest BCUT2D eigenvalue weighted by molar-refractivity contribution is 6.99. The number of aromatic amines is 1. The lowest BCUT2D eigenvalue weighted by molar-refractivity contribution is -0.0465. The third-order valence-corrected chi connectivity index (χ3v) is 11.7. The fourth-order valence-electron chi connectivity index (χ4n) is 4.88. The summed E-state index contributed by atoms with van der Waals surface area (Å²) in [5, 5.41) is 12.2. The quantitative estimate of drug-likeness (QED) is 0.455. The lowest BCUT2D eigenvalue weighted by Gasteiger charge is -2.43. The molecule has 2 N–H and O–H groups in total. The normalized spacial score (nSPS) is 22.5. The molecule has 1 fully saturated rings. The molecule has 4 rings (SSSR count). The molecule has 1 saturated heterocycles. The zero-order valence-electron chi connectivity index (χ0n) is 20.6. The average Bonchev–Trinajstić information content (AvgIpc) is 3.13. The van der Waals surface area contributed by atoms with Crippen molar-refractivity contribution < 1.29 is 27.4 Å². The smallest absolute Gasteiger partial charge is 0.330 e. The number of nitrogens with zero attached hydrogens (tertiary/aromatic N) is 1. The van der Waals surface area contributed by atoms with Gasteiger partial charge in [0.25, 0.3) is 20.3 Å². The second kappa shape index (κ2) is 10.4. The maximum atomic E-state index is 15.2. The van der Waals surface area contributed by atoms with Crippen molar-refractivity contribution in [2.45, 2.75) is 56.8 Å². The number of H-pyrrole nitrogens is 1. The number of ether oxygens (including phenoxy) is 1. The molecule has 0 amide bonds. The number of aromatic nitrogens is 2. The summed E-state index contributed by atoms with van der Waals surface area (Å²) in [7, 11) is -3.04. The van der Waals surface area contributed by atoms with Crippen LogP contribution in [0.3, 0.4) is 0 Å². The first-order chi connectivity index (χ1) is 17.5. The maximum Gasteiger partial charge on any atom is 0.330 e. The number of hydrogen-bond acceptors (Lipinski definition) is 5. The highest BCUT2D eigenvalue weighted by Crippen LogP contribution is 2.38. The summed E-state index contributed by atoms with van der Waals surface area (Å²) in [4.78, 5) is 25.7. The molecule has 198 valence electrons. The van der Waals surface area contributed by atoms with Gasteiger partial charge in [-0.25, -0.2) is 18.0 Å². The van der Waals surface area contributed by atoms with E-state index in [1.54, 1.807) is 4.98 Å². The highest BCUT2D eigenvalue weighted by Gasteiger charge is 2.52. The lowest BCUT2D eigenvalue weighted by atomic mass is 10.1. The molecule has 1 aliphatic rings. The van der Waals surface area contributed by atoms with Gasteiger partial charge < -0.3 is 14.3 Å². The first-order valence-corrected chi connectivity index (χ1v) is 13.7. The topological polar surface area (TPSA) is 93.5 Å². The van der Waals surface area contributed by atoms with Gasteiger partial charge in [-0.2, -0.15) is 0 Å². The molecule has 4 atom stereocenters. The van der Waals surface area contributed by atoms with E-state index >= 15 is 4.39 Å². The predicted molar refractivity (Wildman–Crippen MR) is 135 cm³/mol. The fourth-order valence-corrected chi connectivity index (χ4v) is 9.45. The van der Waals surface area contributed by atoms with Gasteiger partial charge in [0.05, 0.1) is 12.2 Å². The van der Waals surface area contributed by atoms with Crippen LogP contribution in [0.5, 0.6) is 0 Å². The summed E-state index contributed by atoms with van der Waals surface area (Å²) in [5.41, 5.74) is -3.39. The Balaban J connectivity index is 1.69. The number of benzene rings is 2. The van der Waals surface area contributed by atoms with Crippen LogP contribution < -0.4 is 21.6 Å². The standard InChI is InChI=1S/C26H29F3N2O5Si/c1-26(2,3)37(16-10-6-4-7-11-16,17-12-8-5-9-13-17)35-15-19-21(32)20(27)24(36-19)31-14-18(22(28)29)23(33)30-25(31)34/h4-14,19-22,24,32H,15H2,1-3H3,(H,30,33,34)/t19-,20-,21-,24-/m1/s1. The Bertz CT molecular complexity index is 1290. The van der Waals surface area contributed by atoms with Crippen LogP contribution in [0.2, 0.25) is 5.04 Å². The van der Waals surface area contributed by atoms with Crippen LogP contribution >= 0.6 is 0 Å². The van der Waals surface area contributed by atoms with Gasteiger partial charge in [0.15, 0.2) is 12.4 Å². The molecule has 37 heavy (non-hydrogen) atoms. The van der Waals surface area contributed by atoms with E-state index < -0.39 is 61.2 Å². The largest absolute Gasteiger partial charge is 0.405 e. The van der Waals surface area contributed by atoms with E-state index in [1.807, 2.05) is 60.7 Å². The molecular weight excluding hydrogens is 505 g/mol. The minimum atomic E-state index is -3.19. The minimum Gasteiger partial charge on any atom is -0.405 e. The van der Waals surface area contributed by atoms with Crippen molar-refractivity contribution >= 4 is 18.7 Å². The third kappa shape index (κ3) is 4.96. The van der Waals surface area contributed by atoms with Gasteiger partial charge in [-0.05, 0) is 15.4 Å². The van der Waals surface area contributed by atoms with Crippen LogP contribution in [-0.2, 0) is 9.16 Å². The molecule has 3 aromatic rings. The van der Waals surface area contributed by atoms with Crippen molar-refractivity contribution in [1.29, 1.82) is 0 Å². The van der Waals surface area contributed by atoms with Crippen molar-refractivity contribution in [2.24, 2.45) is 0 Å². The summed E-state index contributed by atoms with van der Waals surface area (Å²) in [6.45, 7) is 5.94. The van der Waals surface area contributed by atoms with Crippen molar-refractivity contribution in [3.8, 4) is 0 Å². The Kier molecular flexibility index (Phi) is 7.61. The second-order valence-corrected chi connectivity index (χ2v) is 14.3. The number of halogens is 3. The van der Waals surface area contributed by atoms with Crippen LogP contribution in [0.4, 0.5) is 13.2 Å². The monoisotopic (exact) mass is 534 g/mol. The van der Waals surface area contributed by atoms with E-state index in [2.05, 4.69) is 20.8 Å². The van der Waals surface area contributed by atoms with E-state index in [4.69, 9.17) is 9.16 Å². The van der Waals surface area contributed by atoms with Crippen molar-refractivity contribution in [3.63, 3.8) is 0 Å². The van der Waals surface area contributed by atoms with E-state index in [0.717, 1.165) is 10.4 Å². The minimum absolute atomic E-state index is 0.217. The molecule has 2 heterocycles. The zero-order valence-corrected chi connectivity index (χ0v) is 21.6. The maximum absolute atomic E-state index is 15.2. The first-order valence-electron chi connectivity index (χ1n) is 11.8. The Morgan fingerprint density at radius 1 is 1.05 bits per heavy atom. The molecule has 1 aromatic heterocycles. The number of rotatable bonds is 7. The molecule has 0 saturated carbocycles. The van der Waals surface area contributed by atoms with Gasteiger partial charge in [0, 0.05) is 6.20 Å². The summed E-state index contributed by atoms with van der Waals surface area (Å²) >= 11 is 0. The molecule has 0 spiro atoms. The fraction of sp³-hybridized carbons (Fsp3) is 0.385. The zero-order chi connectivity index (χ0) is 27.0. The van der Waals surface area contributed by atoms with Gasteiger partial charge in [0.2, 0.25) is 0 Å². The van der Waals surface area contributed by atoms with E-state index in [-0.39, 0.29) is 6.61 Å². The molecule has 0 unspecified atom stereocenters. The number of alkyl halides is 3. The van der Waals surface area contributed by atoms with Gasteiger partial charge in [-0.3, -0.25) is 14.3 Å². The Morgan fingerprint density at radius 3 is 2.08 bits per heavy atom. The summed E-state index contributed by atoms with van der Waals surface area (Å²) in [6.07, 6.45) is -9.35. The molecule has 1 aliphatic heterocycles. The molecule has 0 radical (unpaired) electrons. The van der Waals surface area contributed by atoms with Crippen LogP contribution in [0, 0.1) is 0 Å². The van der Waals surface area contributed by atoms with Gasteiger partial charge in [-0.1, -0.05) is 81.4 Å². The molecule has 0 aliphatic carbocycles. The number of hydrogen-bond donors (Lipinski definition) is 2. The average molecular weight is 535 g/mol. The molecule has 11 heteroatoms. The van der Waals surface area contributed by atoms with E-state index in [0.29, 0.717) is 10.8 Å². The molecule has 0 bridgehead atoms. The third-order valence-electron chi connectivity index (χ3n) is 6.68. The van der Waals surface area contributed by atoms with Crippen LogP contribution in [0.15, 0.2) is 76.4 Å². The molecule has 2 aromatic carbocycles. The summed E-state index contributed by atoms with van der Waals surface area (Å²) < 4.78 is 54.5. The van der Waals surface area contributed by atoms with Gasteiger partial charge in [0.1, 0.15) is 12.2 Å². The van der Waals surface area contributed by atoms with Crippen LogP contribution in [0.1, 0.15) is 39.0 Å². The van der Waals surface area contributed by atoms with Gasteiger partial charge >= 0.3 is 5.69 Å². The number of aliphatic hydroxyl groups is 1. The first kappa shape index (κ1) is 27.1. The Labute approximate surface area is 212 Å². The van der Waals surface area contributed by atoms with Crippen LogP contribution in [0.25, 0.3) is 0 Å². The van der Waals surface area contributed by atoms with E-state index in [9.17, 15) is 23.5 Å². The predicted octanol–water partition coefficient (Wildman–Crippen LogP) is 2.65. The van der Waals surface area contributed by atoms with Crippen molar-refractivity contribution in [2.75, 3.05) is 6.61 Å². The van der Waals surface area contributed by atoms with Crippen LogP contribution in [-0.4, -0.2) is 48.0 Å². The summed E-state index contributed by atoms with van der Waals surface area (Å²) in [6, 6.07) is 19.3. The summed E-state index contributed by atoms with van der Waals surface area (Å²) in [5.74, 6) is 0. The Hall–Kier alpha value is -2.99. The highest BCUT2D eigenvalue weighted by atomic mass is 28.4. The Morgan fingerprint density at radius 2 is 1.59 bits per heavy atom. The second-order valence-electron chi connectivity index (χ2n) is 10.0. The number of nitrogens with one attached hydrogen (secondary N) is 1. The molecule has 7 nitrogen and oxygen atoms in total. The van der Waals surface area contributed by atoms with E-state index in [1.165, 1.54) is 0 Å². The SMILES string of the molecule is CC(C)(C)[Si](OC[C@H]1O[C@@H](n2cc(C(F)F)c(=O)[nH]c2=O)[C@H](F)[C@@H]1O)(c1ccccc1)c1ccccc1. The van der Waals surface area contributed by atoms with Gasteiger partial charge in [-0.15, -0.1) is 0 Å².